The lowest BCUT2D eigenvalue weighted by molar-refractivity contribution is 0.0972. The normalized spacial score (nSPS) is 17.2. The molecule has 5 rings (SSSR count). The van der Waals surface area contributed by atoms with Crippen LogP contribution in [0.2, 0.25) is 0 Å². The molecule has 1 atom stereocenters. The van der Waals surface area contributed by atoms with Crippen LogP contribution in [0.5, 0.6) is 5.75 Å². The van der Waals surface area contributed by atoms with Crippen molar-refractivity contribution < 1.29 is 9.53 Å². The highest BCUT2D eigenvalue weighted by Gasteiger charge is 2.30. The number of aromatic amines is 1. The fraction of sp³-hybridized carbons (Fsp3) is 0.333. The van der Waals surface area contributed by atoms with E-state index in [1.54, 1.807) is 6.20 Å². The van der Waals surface area contributed by atoms with Gasteiger partial charge in [0.1, 0.15) is 17.7 Å². The number of ether oxygens (including phenoxy) is 1. The van der Waals surface area contributed by atoms with Crippen LogP contribution in [0.1, 0.15) is 58.7 Å². The standard InChI is InChI=1S/C24H24N6O2S/c1-24(27-29-30-28-24)33-15-19-17-8-5-9-20(31)18(17)10-11-21(19)32-22(14-23-25-12-13-26-23)16-6-3-2-4-7-16/h2-4,6-7,10-13,22H,5,8-9,14-15H2,1H3,(H,25,26)/t22-/m0/s1. The van der Waals surface area contributed by atoms with E-state index in [1.165, 1.54) is 11.8 Å². The van der Waals surface area contributed by atoms with Gasteiger partial charge in [-0.2, -0.15) is 0 Å². The highest BCUT2D eigenvalue weighted by Crippen LogP contribution is 2.41. The number of hydrogen-bond donors (Lipinski definition) is 1. The van der Waals surface area contributed by atoms with Crippen molar-refractivity contribution >= 4 is 17.5 Å². The van der Waals surface area contributed by atoms with E-state index in [-0.39, 0.29) is 11.9 Å². The molecule has 8 nitrogen and oxygen atoms in total. The second-order valence-electron chi connectivity index (χ2n) is 8.20. The molecule has 0 spiro atoms. The number of rotatable bonds is 8. The van der Waals surface area contributed by atoms with Crippen molar-refractivity contribution in [2.24, 2.45) is 20.7 Å². The van der Waals surface area contributed by atoms with Gasteiger partial charge >= 0.3 is 0 Å². The molecule has 0 radical (unpaired) electrons. The summed E-state index contributed by atoms with van der Waals surface area (Å²) in [6, 6.07) is 14.0. The number of hydrogen-bond acceptors (Lipinski definition) is 8. The molecule has 0 saturated carbocycles. The van der Waals surface area contributed by atoms with E-state index in [4.69, 9.17) is 4.74 Å². The maximum absolute atomic E-state index is 12.6. The average molecular weight is 461 g/mol. The molecule has 0 unspecified atom stereocenters. The summed E-state index contributed by atoms with van der Waals surface area (Å²) in [7, 11) is 0. The van der Waals surface area contributed by atoms with Gasteiger partial charge < -0.3 is 9.72 Å². The number of carbonyl (C=O) groups is 1. The van der Waals surface area contributed by atoms with Crippen molar-refractivity contribution in [3.8, 4) is 5.75 Å². The van der Waals surface area contributed by atoms with E-state index < -0.39 is 4.99 Å². The number of H-pyrrole nitrogens is 1. The van der Waals surface area contributed by atoms with Crippen molar-refractivity contribution in [3.63, 3.8) is 0 Å². The Morgan fingerprint density at radius 2 is 1.94 bits per heavy atom. The summed E-state index contributed by atoms with van der Waals surface area (Å²) in [5.41, 5.74) is 3.94. The summed E-state index contributed by atoms with van der Waals surface area (Å²) in [5.74, 6) is 2.40. The van der Waals surface area contributed by atoms with Gasteiger partial charge in [0.05, 0.1) is 0 Å². The van der Waals surface area contributed by atoms with Gasteiger partial charge in [0, 0.05) is 42.1 Å². The summed E-state index contributed by atoms with van der Waals surface area (Å²) >= 11 is 1.53. The molecule has 1 aliphatic heterocycles. The highest BCUT2D eigenvalue weighted by atomic mass is 32.2. The van der Waals surface area contributed by atoms with Crippen molar-refractivity contribution in [1.82, 2.24) is 9.97 Å². The second-order valence-corrected chi connectivity index (χ2v) is 9.55. The predicted molar refractivity (Wildman–Crippen MR) is 125 cm³/mol. The minimum atomic E-state index is -0.758. The van der Waals surface area contributed by atoms with Gasteiger partial charge in [-0.05, 0) is 53.5 Å². The van der Waals surface area contributed by atoms with Crippen LogP contribution in [0.3, 0.4) is 0 Å². The van der Waals surface area contributed by atoms with E-state index in [2.05, 4.69) is 42.8 Å². The van der Waals surface area contributed by atoms with Crippen molar-refractivity contribution in [1.29, 1.82) is 0 Å². The van der Waals surface area contributed by atoms with Gasteiger partial charge in [0.2, 0.25) is 4.99 Å². The second kappa shape index (κ2) is 9.27. The number of nitrogens with zero attached hydrogens (tertiary/aromatic N) is 5. The first-order valence-corrected chi connectivity index (χ1v) is 12.0. The fourth-order valence-corrected chi connectivity index (χ4v) is 5.10. The van der Waals surface area contributed by atoms with Crippen LogP contribution in [0.4, 0.5) is 0 Å². The lowest BCUT2D eigenvalue weighted by Gasteiger charge is -2.26. The molecule has 3 aromatic rings. The first-order valence-electron chi connectivity index (χ1n) is 11.0. The summed E-state index contributed by atoms with van der Waals surface area (Å²) in [4.78, 5) is 19.4. The molecular weight excluding hydrogens is 436 g/mol. The van der Waals surface area contributed by atoms with Crippen LogP contribution in [0.15, 0.2) is 75.5 Å². The number of benzene rings is 2. The summed E-state index contributed by atoms with van der Waals surface area (Å²) in [6.07, 6.45) is 6.20. The minimum absolute atomic E-state index is 0.190. The van der Waals surface area contributed by atoms with Crippen LogP contribution in [-0.4, -0.2) is 20.7 Å². The van der Waals surface area contributed by atoms with E-state index in [0.717, 1.165) is 46.7 Å². The Hall–Kier alpha value is -3.33. The summed E-state index contributed by atoms with van der Waals surface area (Å²) in [6.45, 7) is 1.88. The molecule has 0 fully saturated rings. The maximum atomic E-state index is 12.6. The molecule has 1 aromatic heterocycles. The van der Waals surface area contributed by atoms with Gasteiger partial charge in [-0.25, -0.2) is 4.98 Å². The zero-order valence-electron chi connectivity index (χ0n) is 18.3. The maximum Gasteiger partial charge on any atom is 0.238 e. The predicted octanol–water partition coefficient (Wildman–Crippen LogP) is 6.03. The summed E-state index contributed by atoms with van der Waals surface area (Å²) in [5, 5.41) is 15.6. The molecule has 0 amide bonds. The van der Waals surface area contributed by atoms with Crippen LogP contribution in [0, 0.1) is 0 Å². The molecule has 1 N–H and O–H groups in total. The largest absolute Gasteiger partial charge is 0.485 e. The SMILES string of the molecule is CC1(SCc2c(O[C@@H](Cc3ncc[nH]3)c3ccccc3)ccc3c2CCCC3=O)N=NN=N1. The molecule has 2 aromatic carbocycles. The number of nitrogens with one attached hydrogen (secondary N) is 1. The smallest absolute Gasteiger partial charge is 0.238 e. The Balaban J connectivity index is 1.50. The topological polar surface area (TPSA) is 104 Å². The van der Waals surface area contributed by atoms with Crippen molar-refractivity contribution in [3.05, 3.63) is 82.9 Å². The number of thioether (sulfide) groups is 1. The first-order chi connectivity index (χ1) is 16.1. The monoisotopic (exact) mass is 460 g/mol. The van der Waals surface area contributed by atoms with Gasteiger partial charge in [0.25, 0.3) is 0 Å². The molecular formula is C24H24N6O2S. The Bertz CT molecular complexity index is 1180. The van der Waals surface area contributed by atoms with E-state index in [9.17, 15) is 4.79 Å². The third-order valence-electron chi connectivity index (χ3n) is 5.88. The number of carbonyl (C=O) groups excluding carboxylic acids is 1. The van der Waals surface area contributed by atoms with E-state index >= 15 is 0 Å². The molecule has 168 valence electrons. The lowest BCUT2D eigenvalue weighted by Crippen LogP contribution is -2.18. The third kappa shape index (κ3) is 4.73. The van der Waals surface area contributed by atoms with Crippen LogP contribution in [0.25, 0.3) is 0 Å². The van der Waals surface area contributed by atoms with Gasteiger partial charge in [-0.15, -0.1) is 22.0 Å². The van der Waals surface area contributed by atoms with Crippen molar-refractivity contribution in [2.75, 3.05) is 0 Å². The van der Waals surface area contributed by atoms with Crippen LogP contribution < -0.4 is 4.74 Å². The number of imidazole rings is 1. The molecule has 2 heterocycles. The fourth-order valence-electron chi connectivity index (χ4n) is 4.17. The van der Waals surface area contributed by atoms with Gasteiger partial charge in [-0.3, -0.25) is 4.79 Å². The Morgan fingerprint density at radius 1 is 1.12 bits per heavy atom. The Labute approximate surface area is 196 Å². The first kappa shape index (κ1) is 21.5. The van der Waals surface area contributed by atoms with E-state index in [0.29, 0.717) is 18.6 Å². The number of Topliss-reactive ketones (excluding diaryl/α,β-unsaturated/α-hetero) is 1. The zero-order valence-corrected chi connectivity index (χ0v) is 19.1. The lowest BCUT2D eigenvalue weighted by atomic mass is 9.87. The highest BCUT2D eigenvalue weighted by molar-refractivity contribution is 7.99. The number of aromatic nitrogens is 2. The molecule has 33 heavy (non-hydrogen) atoms. The zero-order chi connectivity index (χ0) is 22.7. The Kier molecular flexibility index (Phi) is 6.04. The van der Waals surface area contributed by atoms with Gasteiger partial charge in [0.15, 0.2) is 5.78 Å². The van der Waals surface area contributed by atoms with Crippen molar-refractivity contribution in [2.45, 2.75) is 49.5 Å². The van der Waals surface area contributed by atoms with Gasteiger partial charge in [-0.1, -0.05) is 30.3 Å². The summed E-state index contributed by atoms with van der Waals surface area (Å²) < 4.78 is 6.66. The van der Waals surface area contributed by atoms with E-state index in [1.807, 2.05) is 43.5 Å². The Morgan fingerprint density at radius 3 is 2.70 bits per heavy atom. The average Bonchev–Trinajstić information content (AvgIpc) is 3.51. The minimum Gasteiger partial charge on any atom is -0.485 e. The molecule has 1 aliphatic carbocycles. The third-order valence-corrected chi connectivity index (χ3v) is 7.03. The van der Waals surface area contributed by atoms with Crippen LogP contribution in [-0.2, 0) is 18.6 Å². The molecule has 0 bridgehead atoms. The number of fused-ring (bicyclic) bond motifs is 1. The quantitative estimate of drug-likeness (QED) is 0.443. The molecule has 2 aliphatic rings. The molecule has 9 heteroatoms. The van der Waals surface area contributed by atoms with Crippen LogP contribution >= 0.6 is 11.8 Å². The molecule has 0 saturated heterocycles. The number of ketones is 1.